The van der Waals surface area contributed by atoms with Crippen LogP contribution in [-0.2, 0) is 19.2 Å². The molecule has 2 rings (SSSR count). The molecule has 1 aromatic carbocycles. The number of hydrogen-bond acceptors (Lipinski definition) is 9. The maximum absolute atomic E-state index is 13.0. The van der Waals surface area contributed by atoms with Gasteiger partial charge in [0, 0.05) is 17.5 Å². The number of amides is 4. The summed E-state index contributed by atoms with van der Waals surface area (Å²) in [6.07, 6.45) is 2.80. The van der Waals surface area contributed by atoms with Crippen LogP contribution >= 0.6 is 0 Å². The molecule has 0 saturated heterocycles. The number of nitrogens with zero attached hydrogens (tertiary/aromatic N) is 1. The monoisotopic (exact) mass is 646 g/mol. The van der Waals surface area contributed by atoms with E-state index in [1.54, 1.807) is 19.9 Å². The zero-order valence-corrected chi connectivity index (χ0v) is 26.1. The van der Waals surface area contributed by atoms with E-state index in [0.717, 1.165) is 19.3 Å². The molecule has 0 radical (unpaired) electrons. The normalized spacial score (nSPS) is 12.7. The molecule has 46 heavy (non-hydrogen) atoms. The SMILES string of the molecule is CCCCCC(C(=O)NCNC(=O)c1ccc(-c2cc(OCC)cc(C(=O)NC(CCC(=O)O)C(=O)O)c2)o1)[C@@H](CC)N(O)C=O. The fourth-order valence-electron chi connectivity index (χ4n) is 4.78. The largest absolute Gasteiger partial charge is 0.494 e. The van der Waals surface area contributed by atoms with Crippen LogP contribution in [0.15, 0.2) is 34.7 Å². The van der Waals surface area contributed by atoms with Crippen molar-refractivity contribution in [2.24, 2.45) is 5.92 Å². The highest BCUT2D eigenvalue weighted by Crippen LogP contribution is 2.28. The van der Waals surface area contributed by atoms with Gasteiger partial charge in [-0.25, -0.2) is 9.86 Å². The Balaban J connectivity index is 2.15. The summed E-state index contributed by atoms with van der Waals surface area (Å²) in [5.41, 5.74) is 0.354. The standard InChI is InChI=1S/C31H42N4O11/c1-4-7-8-9-22(24(5-2)35(44)18-36)29(40)32-17-33-30(41)26-12-11-25(46-26)19-14-20(16-21(15-19)45-6-3)28(39)34-23(31(42)43)10-13-27(37)38/h11-12,14-16,18,22-24,44H,4-10,13,17H2,1-3H3,(H,32,40)(H,33,41)(H,34,39)(H,37,38)(H,42,43)/t22?,23?,24-/m1/s1. The number of carbonyl (C=O) groups is 6. The maximum atomic E-state index is 13.0. The Kier molecular flexibility index (Phi) is 15.2. The molecule has 0 aliphatic heterocycles. The van der Waals surface area contributed by atoms with Crippen molar-refractivity contribution in [1.29, 1.82) is 0 Å². The van der Waals surface area contributed by atoms with Crippen molar-refractivity contribution in [2.45, 2.75) is 77.8 Å². The van der Waals surface area contributed by atoms with Crippen LogP contribution in [0.3, 0.4) is 0 Å². The third-order valence-corrected chi connectivity index (χ3v) is 7.14. The van der Waals surface area contributed by atoms with E-state index in [0.29, 0.717) is 23.5 Å². The number of carboxylic acids is 2. The average Bonchev–Trinajstić information content (AvgIpc) is 3.53. The molecule has 2 aromatic rings. The van der Waals surface area contributed by atoms with Gasteiger partial charge in [0.05, 0.1) is 25.2 Å². The van der Waals surface area contributed by atoms with Crippen molar-refractivity contribution in [1.82, 2.24) is 21.0 Å². The van der Waals surface area contributed by atoms with Crippen LogP contribution in [0.25, 0.3) is 11.3 Å². The number of unbranched alkanes of at least 4 members (excludes halogenated alkanes) is 2. The fourth-order valence-corrected chi connectivity index (χ4v) is 4.78. The molecule has 0 aliphatic carbocycles. The number of aliphatic carboxylic acids is 2. The molecule has 0 fully saturated rings. The van der Waals surface area contributed by atoms with Crippen molar-refractivity contribution in [3.8, 4) is 17.1 Å². The van der Waals surface area contributed by atoms with E-state index in [2.05, 4.69) is 16.0 Å². The molecule has 0 saturated carbocycles. The summed E-state index contributed by atoms with van der Waals surface area (Å²) >= 11 is 0. The van der Waals surface area contributed by atoms with Crippen LogP contribution in [0.2, 0.25) is 0 Å². The van der Waals surface area contributed by atoms with Gasteiger partial charge in [0.2, 0.25) is 12.3 Å². The molecule has 0 bridgehead atoms. The lowest BCUT2D eigenvalue weighted by molar-refractivity contribution is -0.168. The lowest BCUT2D eigenvalue weighted by Gasteiger charge is -2.29. The molecule has 4 amide bonds. The summed E-state index contributed by atoms with van der Waals surface area (Å²) < 4.78 is 11.2. The lowest BCUT2D eigenvalue weighted by atomic mass is 9.90. The smallest absolute Gasteiger partial charge is 0.326 e. The molecule has 1 heterocycles. The number of carboxylic acid groups (broad SMARTS) is 2. The van der Waals surface area contributed by atoms with Gasteiger partial charge in [-0.2, -0.15) is 0 Å². The van der Waals surface area contributed by atoms with Crippen molar-refractivity contribution >= 4 is 36.1 Å². The predicted molar refractivity (Wildman–Crippen MR) is 163 cm³/mol. The Bertz CT molecular complexity index is 1360. The highest BCUT2D eigenvalue weighted by molar-refractivity contribution is 5.98. The maximum Gasteiger partial charge on any atom is 0.326 e. The molecule has 2 unspecified atom stereocenters. The summed E-state index contributed by atoms with van der Waals surface area (Å²) in [6.45, 7) is 5.49. The van der Waals surface area contributed by atoms with Gasteiger partial charge < -0.3 is 35.3 Å². The Morgan fingerprint density at radius 2 is 1.72 bits per heavy atom. The van der Waals surface area contributed by atoms with E-state index >= 15 is 0 Å². The van der Waals surface area contributed by atoms with Crippen LogP contribution in [0, 0.1) is 5.92 Å². The van der Waals surface area contributed by atoms with Crippen molar-refractivity contribution < 1.29 is 53.3 Å². The number of hydrogen-bond donors (Lipinski definition) is 6. The van der Waals surface area contributed by atoms with Crippen LogP contribution in [-0.4, -0.2) is 81.9 Å². The zero-order valence-electron chi connectivity index (χ0n) is 26.1. The first-order valence-corrected chi connectivity index (χ1v) is 15.1. The molecule has 0 aliphatic rings. The van der Waals surface area contributed by atoms with Gasteiger partial charge in [-0.05, 0) is 56.5 Å². The number of furan rings is 1. The van der Waals surface area contributed by atoms with Crippen molar-refractivity contribution in [3.05, 3.63) is 41.7 Å². The Labute approximate surface area is 266 Å². The number of carbonyl (C=O) groups excluding carboxylic acids is 4. The molecule has 0 spiro atoms. The summed E-state index contributed by atoms with van der Waals surface area (Å²) in [7, 11) is 0. The number of ether oxygens (including phenoxy) is 1. The second-order valence-electron chi connectivity index (χ2n) is 10.4. The lowest BCUT2D eigenvalue weighted by Crippen LogP contribution is -2.47. The van der Waals surface area contributed by atoms with Crippen LogP contribution in [0.1, 0.15) is 86.6 Å². The first-order valence-electron chi connectivity index (χ1n) is 15.1. The van der Waals surface area contributed by atoms with E-state index in [4.69, 9.17) is 14.3 Å². The third kappa shape index (κ3) is 11.2. The topological polar surface area (TPSA) is 225 Å². The van der Waals surface area contributed by atoms with E-state index in [-0.39, 0.29) is 48.9 Å². The fraction of sp³-hybridized carbons (Fsp3) is 0.484. The van der Waals surface area contributed by atoms with Crippen LogP contribution in [0.5, 0.6) is 5.75 Å². The Morgan fingerprint density at radius 3 is 2.33 bits per heavy atom. The van der Waals surface area contributed by atoms with Crippen molar-refractivity contribution in [2.75, 3.05) is 13.3 Å². The molecular formula is C31H42N4O11. The highest BCUT2D eigenvalue weighted by Gasteiger charge is 2.30. The summed E-state index contributed by atoms with van der Waals surface area (Å²) in [5, 5.41) is 36.2. The summed E-state index contributed by atoms with van der Waals surface area (Å²) in [4.78, 5) is 72.3. The van der Waals surface area contributed by atoms with Gasteiger partial charge in [-0.15, -0.1) is 0 Å². The quantitative estimate of drug-likeness (QED) is 0.0380. The number of benzene rings is 1. The second kappa shape index (κ2) is 18.8. The summed E-state index contributed by atoms with van der Waals surface area (Å²) in [6, 6.07) is 5.07. The van der Waals surface area contributed by atoms with Gasteiger partial charge in [-0.1, -0.05) is 33.1 Å². The van der Waals surface area contributed by atoms with E-state index in [1.807, 2.05) is 6.92 Å². The first-order chi connectivity index (χ1) is 21.9. The number of hydroxylamine groups is 2. The molecular weight excluding hydrogens is 604 g/mol. The zero-order chi connectivity index (χ0) is 34.2. The third-order valence-electron chi connectivity index (χ3n) is 7.14. The van der Waals surface area contributed by atoms with Gasteiger partial charge in [0.1, 0.15) is 17.6 Å². The minimum Gasteiger partial charge on any atom is -0.494 e. The molecule has 252 valence electrons. The van der Waals surface area contributed by atoms with Gasteiger partial charge in [-0.3, -0.25) is 29.2 Å². The molecule has 15 nitrogen and oxygen atoms in total. The van der Waals surface area contributed by atoms with Gasteiger partial charge >= 0.3 is 11.9 Å². The Hall–Kier alpha value is -4.92. The predicted octanol–water partition coefficient (Wildman–Crippen LogP) is 3.02. The summed E-state index contributed by atoms with van der Waals surface area (Å²) in [5.74, 6) is -4.80. The van der Waals surface area contributed by atoms with Crippen LogP contribution in [0.4, 0.5) is 0 Å². The molecule has 15 heteroatoms. The van der Waals surface area contributed by atoms with Crippen molar-refractivity contribution in [3.63, 3.8) is 0 Å². The first kappa shape index (κ1) is 37.3. The van der Waals surface area contributed by atoms with E-state index < -0.39 is 54.1 Å². The number of nitrogens with one attached hydrogen (secondary N) is 3. The van der Waals surface area contributed by atoms with Gasteiger partial charge in [0.25, 0.3) is 11.8 Å². The molecule has 1 aromatic heterocycles. The molecule has 6 N–H and O–H groups in total. The highest BCUT2D eigenvalue weighted by atomic mass is 16.5. The van der Waals surface area contributed by atoms with Crippen LogP contribution < -0.4 is 20.7 Å². The van der Waals surface area contributed by atoms with Gasteiger partial charge in [0.15, 0.2) is 5.76 Å². The minimum atomic E-state index is -1.44. The van der Waals surface area contributed by atoms with E-state index in [1.165, 1.54) is 24.3 Å². The molecule has 3 atom stereocenters. The van der Waals surface area contributed by atoms with E-state index in [9.17, 15) is 39.1 Å². The number of rotatable bonds is 21. The Morgan fingerprint density at radius 1 is 0.978 bits per heavy atom. The minimum absolute atomic E-state index is 0.0162. The second-order valence-corrected chi connectivity index (χ2v) is 10.4. The average molecular weight is 647 g/mol.